The molecule has 1 fully saturated rings. The van der Waals surface area contributed by atoms with E-state index in [2.05, 4.69) is 29.2 Å². The molecular formula is C16H26N4O. The lowest BCUT2D eigenvalue weighted by atomic mass is 10.0. The second-order valence-electron chi connectivity index (χ2n) is 6.02. The van der Waals surface area contributed by atoms with Crippen LogP contribution in [-0.2, 0) is 4.79 Å². The number of hydrogen-bond acceptors (Lipinski definition) is 4. The molecule has 0 radical (unpaired) electrons. The van der Waals surface area contributed by atoms with Gasteiger partial charge in [0.25, 0.3) is 0 Å². The molecule has 1 unspecified atom stereocenters. The maximum absolute atomic E-state index is 12.3. The molecule has 1 amide bonds. The summed E-state index contributed by atoms with van der Waals surface area (Å²) in [4.78, 5) is 16.8. The van der Waals surface area contributed by atoms with Crippen LogP contribution in [0.25, 0.3) is 0 Å². The number of piperidine rings is 1. The third-order valence-electron chi connectivity index (χ3n) is 4.33. The molecule has 116 valence electrons. The molecule has 5 nitrogen and oxygen atoms in total. The van der Waals surface area contributed by atoms with Crippen LogP contribution >= 0.6 is 0 Å². The van der Waals surface area contributed by atoms with Gasteiger partial charge in [-0.2, -0.15) is 0 Å². The number of rotatable bonds is 4. The van der Waals surface area contributed by atoms with Gasteiger partial charge in [0.2, 0.25) is 5.91 Å². The summed E-state index contributed by atoms with van der Waals surface area (Å²) in [7, 11) is 4.25. The number of hydrogen-bond donors (Lipinski definition) is 2. The third kappa shape index (κ3) is 4.19. The van der Waals surface area contributed by atoms with Crippen molar-refractivity contribution in [1.82, 2.24) is 9.80 Å². The van der Waals surface area contributed by atoms with Gasteiger partial charge >= 0.3 is 0 Å². The van der Waals surface area contributed by atoms with E-state index < -0.39 is 0 Å². The molecular weight excluding hydrogens is 264 g/mol. The highest BCUT2D eigenvalue weighted by Crippen LogP contribution is 2.17. The number of nitrogen functional groups attached to an aromatic ring is 1. The van der Waals surface area contributed by atoms with Crippen LogP contribution in [0.2, 0.25) is 0 Å². The van der Waals surface area contributed by atoms with Gasteiger partial charge in [-0.25, -0.2) is 0 Å². The zero-order valence-electron chi connectivity index (χ0n) is 13.2. The number of carbonyl (C=O) groups excluding carboxylic acids is 1. The van der Waals surface area contributed by atoms with Crippen LogP contribution in [0.1, 0.15) is 19.8 Å². The van der Waals surface area contributed by atoms with Gasteiger partial charge in [-0.15, -0.1) is 0 Å². The molecule has 0 saturated carbocycles. The molecule has 0 spiro atoms. The lowest BCUT2D eigenvalue weighted by Crippen LogP contribution is -2.49. The Morgan fingerprint density at radius 3 is 2.38 bits per heavy atom. The molecule has 1 saturated heterocycles. The zero-order chi connectivity index (χ0) is 15.4. The predicted molar refractivity (Wildman–Crippen MR) is 87.2 cm³/mol. The lowest BCUT2D eigenvalue weighted by Gasteiger charge is -2.37. The van der Waals surface area contributed by atoms with E-state index in [9.17, 15) is 4.79 Å². The molecule has 1 aromatic rings. The Bertz CT molecular complexity index is 464. The minimum Gasteiger partial charge on any atom is -0.399 e. The van der Waals surface area contributed by atoms with Gasteiger partial charge in [-0.3, -0.25) is 9.69 Å². The summed E-state index contributed by atoms with van der Waals surface area (Å²) >= 11 is 0. The maximum Gasteiger partial charge on any atom is 0.241 e. The summed E-state index contributed by atoms with van der Waals surface area (Å²) in [6.07, 6.45) is 2.24. The number of carbonyl (C=O) groups is 1. The van der Waals surface area contributed by atoms with E-state index in [4.69, 9.17) is 5.73 Å². The summed E-state index contributed by atoms with van der Waals surface area (Å²) in [6, 6.07) is 7.78. The molecule has 3 N–H and O–H groups in total. The molecule has 1 aliphatic rings. The standard InChI is InChI=1S/C16H26N4O/c1-12(20-10-8-15(9-11-20)19(2)3)16(21)18-14-6-4-13(17)5-7-14/h4-7,12,15H,8-11,17H2,1-3H3,(H,18,21). The van der Waals surface area contributed by atoms with Crippen molar-refractivity contribution in [3.63, 3.8) is 0 Å². The first-order valence-corrected chi connectivity index (χ1v) is 7.54. The second kappa shape index (κ2) is 6.91. The molecule has 5 heteroatoms. The number of nitrogens with two attached hydrogens (primary N) is 1. The Kier molecular flexibility index (Phi) is 5.20. The first kappa shape index (κ1) is 15.8. The maximum atomic E-state index is 12.3. The molecule has 0 aromatic heterocycles. The Morgan fingerprint density at radius 1 is 1.29 bits per heavy atom. The van der Waals surface area contributed by atoms with Crippen LogP contribution in [0.4, 0.5) is 11.4 Å². The van der Waals surface area contributed by atoms with Crippen LogP contribution in [0, 0.1) is 0 Å². The monoisotopic (exact) mass is 290 g/mol. The van der Waals surface area contributed by atoms with Crippen molar-refractivity contribution in [1.29, 1.82) is 0 Å². The Morgan fingerprint density at radius 2 is 1.86 bits per heavy atom. The third-order valence-corrected chi connectivity index (χ3v) is 4.33. The van der Waals surface area contributed by atoms with E-state index >= 15 is 0 Å². The molecule has 2 rings (SSSR count). The summed E-state index contributed by atoms with van der Waals surface area (Å²) in [5, 5.41) is 2.95. The van der Waals surface area contributed by atoms with Crippen molar-refractivity contribution >= 4 is 17.3 Å². The van der Waals surface area contributed by atoms with Crippen molar-refractivity contribution in [2.45, 2.75) is 31.8 Å². The van der Waals surface area contributed by atoms with E-state index in [0.29, 0.717) is 11.7 Å². The van der Waals surface area contributed by atoms with Crippen LogP contribution in [0.3, 0.4) is 0 Å². The Hall–Kier alpha value is -1.59. The Balaban J connectivity index is 1.87. The summed E-state index contributed by atoms with van der Waals surface area (Å²) in [5.41, 5.74) is 7.14. The van der Waals surface area contributed by atoms with Gasteiger partial charge in [-0.1, -0.05) is 0 Å². The minimum absolute atomic E-state index is 0.0445. The van der Waals surface area contributed by atoms with Gasteiger partial charge in [0.15, 0.2) is 0 Å². The fourth-order valence-corrected chi connectivity index (χ4v) is 2.77. The molecule has 21 heavy (non-hydrogen) atoms. The van der Waals surface area contributed by atoms with E-state index in [-0.39, 0.29) is 11.9 Å². The lowest BCUT2D eigenvalue weighted by molar-refractivity contribution is -0.121. The fraction of sp³-hybridized carbons (Fsp3) is 0.562. The molecule has 1 heterocycles. The van der Waals surface area contributed by atoms with E-state index in [1.807, 2.05) is 19.1 Å². The number of likely N-dealkylation sites (tertiary alicyclic amines) is 1. The van der Waals surface area contributed by atoms with E-state index in [1.165, 1.54) is 0 Å². The number of amides is 1. The van der Waals surface area contributed by atoms with Crippen LogP contribution < -0.4 is 11.1 Å². The average Bonchev–Trinajstić information content (AvgIpc) is 2.49. The zero-order valence-corrected chi connectivity index (χ0v) is 13.2. The van der Waals surface area contributed by atoms with Crippen LogP contribution in [-0.4, -0.2) is 55.0 Å². The Labute approximate surface area is 127 Å². The first-order chi connectivity index (χ1) is 9.97. The summed E-state index contributed by atoms with van der Waals surface area (Å²) < 4.78 is 0. The van der Waals surface area contributed by atoms with Gasteiger partial charge in [0.05, 0.1) is 6.04 Å². The van der Waals surface area contributed by atoms with Crippen molar-refractivity contribution in [3.05, 3.63) is 24.3 Å². The van der Waals surface area contributed by atoms with Crippen molar-refractivity contribution in [2.24, 2.45) is 0 Å². The fourth-order valence-electron chi connectivity index (χ4n) is 2.77. The van der Waals surface area contributed by atoms with Gasteiger partial charge in [-0.05, 0) is 58.1 Å². The number of nitrogens with one attached hydrogen (secondary N) is 1. The average molecular weight is 290 g/mol. The molecule has 1 aromatic carbocycles. The topological polar surface area (TPSA) is 61.6 Å². The largest absolute Gasteiger partial charge is 0.399 e. The normalized spacial score (nSPS) is 18.7. The van der Waals surface area contributed by atoms with E-state index in [0.717, 1.165) is 31.6 Å². The smallest absolute Gasteiger partial charge is 0.241 e. The van der Waals surface area contributed by atoms with Crippen LogP contribution in [0.5, 0.6) is 0 Å². The van der Waals surface area contributed by atoms with Crippen molar-refractivity contribution in [3.8, 4) is 0 Å². The summed E-state index contributed by atoms with van der Waals surface area (Å²) in [6.45, 7) is 3.92. The van der Waals surface area contributed by atoms with Gasteiger partial charge < -0.3 is 16.0 Å². The molecule has 1 atom stereocenters. The quantitative estimate of drug-likeness (QED) is 0.827. The van der Waals surface area contributed by atoms with E-state index in [1.54, 1.807) is 12.1 Å². The summed E-state index contributed by atoms with van der Waals surface area (Å²) in [5.74, 6) is 0.0445. The predicted octanol–water partition coefficient (Wildman–Crippen LogP) is 1.62. The van der Waals surface area contributed by atoms with Crippen molar-refractivity contribution < 1.29 is 4.79 Å². The number of benzene rings is 1. The van der Waals surface area contributed by atoms with Gasteiger partial charge in [0, 0.05) is 30.5 Å². The minimum atomic E-state index is -0.106. The SMILES string of the molecule is CC(C(=O)Nc1ccc(N)cc1)N1CCC(N(C)C)CC1. The van der Waals surface area contributed by atoms with Crippen molar-refractivity contribution in [2.75, 3.05) is 38.2 Å². The highest BCUT2D eigenvalue weighted by molar-refractivity contribution is 5.94. The number of nitrogens with zero attached hydrogens (tertiary/aromatic N) is 2. The number of anilines is 2. The highest BCUT2D eigenvalue weighted by atomic mass is 16.2. The highest BCUT2D eigenvalue weighted by Gasteiger charge is 2.27. The molecule has 0 bridgehead atoms. The molecule has 0 aliphatic carbocycles. The first-order valence-electron chi connectivity index (χ1n) is 7.54. The second-order valence-corrected chi connectivity index (χ2v) is 6.02. The van der Waals surface area contributed by atoms with Crippen LogP contribution in [0.15, 0.2) is 24.3 Å². The molecule has 1 aliphatic heterocycles. The van der Waals surface area contributed by atoms with Gasteiger partial charge in [0.1, 0.15) is 0 Å².